The standard InChI is InChI=1S/C19H23N3O2/c1-19(24,17(23)13-9-11-14(12-10-13)21(2)3)18-20-15-7-5-6-8-16(15)22(18)4/h5-12,17,23-24H,1-4H3. The third-order valence-electron chi connectivity index (χ3n) is 4.50. The van der Waals surface area contributed by atoms with E-state index in [1.165, 1.54) is 0 Å². The van der Waals surface area contributed by atoms with Crippen LogP contribution in [0.2, 0.25) is 0 Å². The fraction of sp³-hybridized carbons (Fsp3) is 0.316. The Morgan fingerprint density at radius 3 is 2.29 bits per heavy atom. The zero-order valence-corrected chi connectivity index (χ0v) is 14.4. The molecule has 5 heteroatoms. The van der Waals surface area contributed by atoms with E-state index in [0.29, 0.717) is 11.4 Å². The zero-order chi connectivity index (χ0) is 17.5. The summed E-state index contributed by atoms with van der Waals surface area (Å²) in [4.78, 5) is 6.51. The minimum Gasteiger partial charge on any atom is -0.385 e. The van der Waals surface area contributed by atoms with E-state index in [0.717, 1.165) is 16.7 Å². The number of fused-ring (bicyclic) bond motifs is 1. The van der Waals surface area contributed by atoms with Crippen molar-refractivity contribution in [3.05, 3.63) is 59.9 Å². The number of anilines is 1. The van der Waals surface area contributed by atoms with E-state index in [-0.39, 0.29) is 0 Å². The van der Waals surface area contributed by atoms with Gasteiger partial charge in [0.2, 0.25) is 0 Å². The van der Waals surface area contributed by atoms with E-state index in [4.69, 9.17) is 0 Å². The molecule has 1 heterocycles. The summed E-state index contributed by atoms with van der Waals surface area (Å²) < 4.78 is 1.83. The first-order chi connectivity index (χ1) is 11.3. The summed E-state index contributed by atoms with van der Waals surface area (Å²) in [5, 5.41) is 21.8. The van der Waals surface area contributed by atoms with Gasteiger partial charge in [0, 0.05) is 26.8 Å². The van der Waals surface area contributed by atoms with Gasteiger partial charge < -0.3 is 19.7 Å². The molecule has 2 unspecified atom stereocenters. The second kappa shape index (κ2) is 5.92. The van der Waals surface area contributed by atoms with Gasteiger partial charge in [-0.05, 0) is 36.8 Å². The molecule has 0 spiro atoms. The van der Waals surface area contributed by atoms with E-state index in [1.807, 2.05) is 79.1 Å². The van der Waals surface area contributed by atoms with Crippen LogP contribution in [0.1, 0.15) is 24.4 Å². The highest BCUT2D eigenvalue weighted by molar-refractivity contribution is 5.76. The van der Waals surface area contributed by atoms with Crippen molar-refractivity contribution < 1.29 is 10.2 Å². The molecule has 5 nitrogen and oxygen atoms in total. The van der Waals surface area contributed by atoms with Gasteiger partial charge in [0.25, 0.3) is 0 Å². The Balaban J connectivity index is 2.00. The van der Waals surface area contributed by atoms with Gasteiger partial charge in [0.1, 0.15) is 17.5 Å². The number of hydrogen-bond acceptors (Lipinski definition) is 4. The van der Waals surface area contributed by atoms with Gasteiger partial charge in [-0.2, -0.15) is 0 Å². The highest BCUT2D eigenvalue weighted by Crippen LogP contribution is 2.35. The lowest BCUT2D eigenvalue weighted by Crippen LogP contribution is -2.33. The Hall–Kier alpha value is -2.37. The average molecular weight is 325 g/mol. The van der Waals surface area contributed by atoms with Crippen molar-refractivity contribution in [2.24, 2.45) is 7.05 Å². The molecule has 24 heavy (non-hydrogen) atoms. The summed E-state index contributed by atoms with van der Waals surface area (Å²) in [6, 6.07) is 15.2. The number of imidazole rings is 1. The van der Waals surface area contributed by atoms with Gasteiger partial charge in [-0.25, -0.2) is 4.98 Å². The lowest BCUT2D eigenvalue weighted by molar-refractivity contribution is -0.0764. The minimum absolute atomic E-state index is 0.438. The Morgan fingerprint density at radius 1 is 1.08 bits per heavy atom. The second-order valence-corrected chi connectivity index (χ2v) is 6.52. The number of aliphatic hydroxyl groups excluding tert-OH is 1. The first kappa shape index (κ1) is 16.5. The molecule has 0 aliphatic heterocycles. The molecule has 0 radical (unpaired) electrons. The maximum Gasteiger partial charge on any atom is 0.149 e. The molecule has 1 aromatic heterocycles. The molecule has 0 aliphatic rings. The first-order valence-corrected chi connectivity index (χ1v) is 7.92. The number of rotatable bonds is 4. The fourth-order valence-electron chi connectivity index (χ4n) is 3.00. The van der Waals surface area contributed by atoms with E-state index in [9.17, 15) is 10.2 Å². The molecule has 3 aromatic rings. The molecule has 126 valence electrons. The van der Waals surface area contributed by atoms with Crippen LogP contribution in [0, 0.1) is 0 Å². The van der Waals surface area contributed by atoms with Gasteiger partial charge >= 0.3 is 0 Å². The normalized spacial score (nSPS) is 15.2. The van der Waals surface area contributed by atoms with E-state index >= 15 is 0 Å². The maximum absolute atomic E-state index is 11.0. The Morgan fingerprint density at radius 2 is 1.71 bits per heavy atom. The maximum atomic E-state index is 11.0. The molecular weight excluding hydrogens is 302 g/mol. The van der Waals surface area contributed by atoms with Crippen molar-refractivity contribution in [1.82, 2.24) is 9.55 Å². The summed E-state index contributed by atoms with van der Waals surface area (Å²) in [5.41, 5.74) is 1.90. The third kappa shape index (κ3) is 2.66. The quantitative estimate of drug-likeness (QED) is 0.774. The number of benzene rings is 2. The summed E-state index contributed by atoms with van der Waals surface area (Å²) in [6.07, 6.45) is -1.08. The molecule has 2 aromatic carbocycles. The van der Waals surface area contributed by atoms with Crippen LogP contribution in [0.4, 0.5) is 5.69 Å². The molecule has 3 rings (SSSR count). The topological polar surface area (TPSA) is 61.5 Å². The van der Waals surface area contributed by atoms with Gasteiger partial charge in [-0.3, -0.25) is 0 Å². The zero-order valence-electron chi connectivity index (χ0n) is 14.4. The summed E-state index contributed by atoms with van der Waals surface area (Å²) in [5.74, 6) is 0.438. The van der Waals surface area contributed by atoms with Crippen LogP contribution >= 0.6 is 0 Å². The van der Waals surface area contributed by atoms with Gasteiger partial charge in [0.15, 0.2) is 0 Å². The highest BCUT2D eigenvalue weighted by Gasteiger charge is 2.37. The van der Waals surface area contributed by atoms with Crippen molar-refractivity contribution in [3.8, 4) is 0 Å². The van der Waals surface area contributed by atoms with Gasteiger partial charge in [-0.1, -0.05) is 24.3 Å². The molecule has 2 atom stereocenters. The highest BCUT2D eigenvalue weighted by atomic mass is 16.3. The molecule has 0 bridgehead atoms. The van der Waals surface area contributed by atoms with Crippen LogP contribution < -0.4 is 4.90 Å². The molecule has 0 aliphatic carbocycles. The lowest BCUT2D eigenvalue weighted by Gasteiger charge is -2.29. The Kier molecular flexibility index (Phi) is 4.07. The predicted octanol–water partition coefficient (Wildman–Crippen LogP) is 2.58. The Bertz CT molecular complexity index is 851. The second-order valence-electron chi connectivity index (χ2n) is 6.52. The molecule has 0 fully saturated rings. The summed E-state index contributed by atoms with van der Waals surface area (Å²) in [7, 11) is 5.77. The molecule has 2 N–H and O–H groups in total. The minimum atomic E-state index is -1.51. The van der Waals surface area contributed by atoms with Crippen LogP contribution in [-0.2, 0) is 12.6 Å². The average Bonchev–Trinajstić information content (AvgIpc) is 2.92. The number of hydrogen-bond donors (Lipinski definition) is 2. The van der Waals surface area contributed by atoms with Crippen molar-refractivity contribution >= 4 is 16.7 Å². The number of nitrogens with zero attached hydrogens (tertiary/aromatic N) is 3. The monoisotopic (exact) mass is 325 g/mol. The fourth-order valence-corrected chi connectivity index (χ4v) is 3.00. The van der Waals surface area contributed by atoms with Crippen LogP contribution in [-0.4, -0.2) is 33.9 Å². The van der Waals surface area contributed by atoms with Crippen LogP contribution in [0.15, 0.2) is 48.5 Å². The smallest absolute Gasteiger partial charge is 0.149 e. The largest absolute Gasteiger partial charge is 0.385 e. The van der Waals surface area contributed by atoms with Crippen LogP contribution in [0.5, 0.6) is 0 Å². The van der Waals surface area contributed by atoms with E-state index in [1.54, 1.807) is 6.92 Å². The van der Waals surface area contributed by atoms with Gasteiger partial charge in [0.05, 0.1) is 11.0 Å². The van der Waals surface area contributed by atoms with Crippen LogP contribution in [0.3, 0.4) is 0 Å². The predicted molar refractivity (Wildman–Crippen MR) is 96.0 cm³/mol. The lowest BCUT2D eigenvalue weighted by atomic mass is 9.92. The van der Waals surface area contributed by atoms with E-state index < -0.39 is 11.7 Å². The number of aromatic nitrogens is 2. The third-order valence-corrected chi connectivity index (χ3v) is 4.50. The molecule has 0 amide bonds. The first-order valence-electron chi connectivity index (χ1n) is 7.92. The van der Waals surface area contributed by atoms with Crippen LogP contribution in [0.25, 0.3) is 11.0 Å². The number of aliphatic hydroxyl groups is 2. The van der Waals surface area contributed by atoms with E-state index in [2.05, 4.69) is 4.98 Å². The number of para-hydroxylation sites is 2. The molecule has 0 saturated carbocycles. The molecular formula is C19H23N3O2. The number of aryl methyl sites for hydroxylation is 1. The summed E-state index contributed by atoms with van der Waals surface area (Å²) >= 11 is 0. The van der Waals surface area contributed by atoms with Crippen molar-refractivity contribution in [1.29, 1.82) is 0 Å². The Labute approximate surface area is 141 Å². The van der Waals surface area contributed by atoms with Crippen molar-refractivity contribution in [2.45, 2.75) is 18.6 Å². The van der Waals surface area contributed by atoms with Crippen molar-refractivity contribution in [2.75, 3.05) is 19.0 Å². The van der Waals surface area contributed by atoms with Gasteiger partial charge in [-0.15, -0.1) is 0 Å². The molecule has 0 saturated heterocycles. The summed E-state index contributed by atoms with van der Waals surface area (Å²) in [6.45, 7) is 1.60. The van der Waals surface area contributed by atoms with Crippen molar-refractivity contribution in [3.63, 3.8) is 0 Å². The SMILES string of the molecule is CN(C)c1ccc(C(O)C(C)(O)c2nc3ccccc3n2C)cc1.